The molecule has 3 rings (SSSR count). The molecule has 1 saturated heterocycles. The van der Waals surface area contributed by atoms with Gasteiger partial charge in [-0.1, -0.05) is 0 Å². The van der Waals surface area contributed by atoms with E-state index in [9.17, 15) is 14.3 Å². The second kappa shape index (κ2) is 6.81. The Morgan fingerprint density at radius 2 is 2.17 bits per heavy atom. The quantitative estimate of drug-likeness (QED) is 0.904. The minimum Gasteiger partial charge on any atom is -0.459 e. The molecule has 1 aliphatic rings. The number of aliphatic hydroxyl groups is 1. The van der Waals surface area contributed by atoms with Crippen molar-refractivity contribution in [3.8, 4) is 0 Å². The van der Waals surface area contributed by atoms with E-state index < -0.39 is 0 Å². The van der Waals surface area contributed by atoms with Crippen molar-refractivity contribution < 1.29 is 18.7 Å². The fourth-order valence-corrected chi connectivity index (χ4v) is 3.29. The molecule has 130 valence electrons. The number of urea groups is 1. The van der Waals surface area contributed by atoms with Gasteiger partial charge in [-0.25, -0.2) is 9.18 Å². The topological polar surface area (TPSA) is 65.7 Å². The molecule has 5 nitrogen and oxygen atoms in total. The molecule has 1 aliphatic heterocycles. The SMILES string of the molecule is Cc1c([C@H](C)NC(=O)N2CCC(CO)CC2)oc2ccc(F)cc12. The van der Waals surface area contributed by atoms with Crippen LogP contribution in [0.15, 0.2) is 22.6 Å². The van der Waals surface area contributed by atoms with Crippen molar-refractivity contribution in [3.05, 3.63) is 35.3 Å². The maximum Gasteiger partial charge on any atom is 0.317 e. The van der Waals surface area contributed by atoms with E-state index in [4.69, 9.17) is 4.42 Å². The zero-order valence-corrected chi connectivity index (χ0v) is 14.0. The summed E-state index contributed by atoms with van der Waals surface area (Å²) in [4.78, 5) is 14.2. The van der Waals surface area contributed by atoms with Crippen molar-refractivity contribution in [1.82, 2.24) is 10.2 Å². The molecule has 2 N–H and O–H groups in total. The molecule has 0 spiro atoms. The number of amides is 2. The summed E-state index contributed by atoms with van der Waals surface area (Å²) in [6, 6.07) is 3.98. The van der Waals surface area contributed by atoms with E-state index in [1.54, 1.807) is 11.0 Å². The molecule has 0 radical (unpaired) electrons. The number of hydrogen-bond acceptors (Lipinski definition) is 3. The lowest BCUT2D eigenvalue weighted by molar-refractivity contribution is 0.135. The molecule has 6 heteroatoms. The molecule has 24 heavy (non-hydrogen) atoms. The second-order valence-electron chi connectivity index (χ2n) is 6.52. The highest BCUT2D eigenvalue weighted by Crippen LogP contribution is 2.30. The maximum atomic E-state index is 13.4. The average Bonchev–Trinajstić information content (AvgIpc) is 2.91. The van der Waals surface area contributed by atoms with E-state index in [1.807, 2.05) is 13.8 Å². The maximum absolute atomic E-state index is 13.4. The number of piperidine rings is 1. The van der Waals surface area contributed by atoms with E-state index in [0.717, 1.165) is 23.8 Å². The largest absolute Gasteiger partial charge is 0.459 e. The van der Waals surface area contributed by atoms with Crippen LogP contribution in [0.1, 0.15) is 37.1 Å². The first-order valence-electron chi connectivity index (χ1n) is 8.34. The van der Waals surface area contributed by atoms with Crippen molar-refractivity contribution in [2.45, 2.75) is 32.7 Å². The van der Waals surface area contributed by atoms with Gasteiger partial charge in [0.2, 0.25) is 0 Å². The van der Waals surface area contributed by atoms with E-state index >= 15 is 0 Å². The van der Waals surface area contributed by atoms with Crippen LogP contribution in [0.5, 0.6) is 0 Å². The van der Waals surface area contributed by atoms with Crippen LogP contribution in [0.2, 0.25) is 0 Å². The number of halogens is 1. The molecular weight excluding hydrogens is 311 g/mol. The second-order valence-corrected chi connectivity index (χ2v) is 6.52. The van der Waals surface area contributed by atoms with Crippen LogP contribution < -0.4 is 5.32 Å². The van der Waals surface area contributed by atoms with Gasteiger partial charge in [-0.15, -0.1) is 0 Å². The van der Waals surface area contributed by atoms with E-state index in [-0.39, 0.29) is 24.5 Å². The first-order valence-corrected chi connectivity index (χ1v) is 8.34. The lowest BCUT2D eigenvalue weighted by atomic mass is 9.98. The summed E-state index contributed by atoms with van der Waals surface area (Å²) >= 11 is 0. The summed E-state index contributed by atoms with van der Waals surface area (Å²) in [6.45, 7) is 5.21. The molecule has 0 bridgehead atoms. The Balaban J connectivity index is 1.70. The van der Waals surface area contributed by atoms with Crippen molar-refractivity contribution in [2.75, 3.05) is 19.7 Å². The number of fused-ring (bicyclic) bond motifs is 1. The molecular formula is C18H23FN2O3. The van der Waals surface area contributed by atoms with Crippen LogP contribution in [-0.4, -0.2) is 35.7 Å². The number of nitrogens with zero attached hydrogens (tertiary/aromatic N) is 1. The number of hydrogen-bond donors (Lipinski definition) is 2. The minimum atomic E-state index is -0.304. The molecule has 2 amide bonds. The predicted octanol–water partition coefficient (Wildman–Crippen LogP) is 3.36. The van der Waals surface area contributed by atoms with Gasteiger partial charge in [-0.2, -0.15) is 0 Å². The lowest BCUT2D eigenvalue weighted by Gasteiger charge is -2.31. The highest BCUT2D eigenvalue weighted by molar-refractivity contribution is 5.82. The van der Waals surface area contributed by atoms with Crippen LogP contribution >= 0.6 is 0 Å². The summed E-state index contributed by atoms with van der Waals surface area (Å²) in [5, 5.41) is 12.9. The highest BCUT2D eigenvalue weighted by Gasteiger charge is 2.25. The van der Waals surface area contributed by atoms with Crippen LogP contribution in [0.4, 0.5) is 9.18 Å². The van der Waals surface area contributed by atoms with Gasteiger partial charge in [-0.3, -0.25) is 0 Å². The normalized spacial score (nSPS) is 17.2. The Labute approximate surface area is 140 Å². The van der Waals surface area contributed by atoms with Crippen LogP contribution in [0.3, 0.4) is 0 Å². The van der Waals surface area contributed by atoms with E-state index in [2.05, 4.69) is 5.32 Å². The summed E-state index contributed by atoms with van der Waals surface area (Å²) in [5.74, 6) is 0.634. The van der Waals surface area contributed by atoms with E-state index in [0.29, 0.717) is 30.4 Å². The van der Waals surface area contributed by atoms with Crippen LogP contribution in [-0.2, 0) is 0 Å². The van der Waals surface area contributed by atoms with Gasteiger partial charge in [0.05, 0.1) is 6.04 Å². The van der Waals surface area contributed by atoms with Gasteiger partial charge >= 0.3 is 6.03 Å². The lowest BCUT2D eigenvalue weighted by Crippen LogP contribution is -2.45. The summed E-state index contributed by atoms with van der Waals surface area (Å²) in [5.41, 5.74) is 1.46. The van der Waals surface area contributed by atoms with Crippen molar-refractivity contribution in [2.24, 2.45) is 5.92 Å². The number of rotatable bonds is 3. The predicted molar refractivity (Wildman–Crippen MR) is 89.2 cm³/mol. The first-order chi connectivity index (χ1) is 11.5. The highest BCUT2D eigenvalue weighted by atomic mass is 19.1. The number of carbonyl (C=O) groups excluding carboxylic acids is 1. The summed E-state index contributed by atoms with van der Waals surface area (Å²) in [7, 11) is 0. The van der Waals surface area contributed by atoms with Crippen molar-refractivity contribution >= 4 is 17.0 Å². The average molecular weight is 334 g/mol. The standard InChI is InChI=1S/C18H23FN2O3/c1-11-15-9-14(19)3-4-16(15)24-17(11)12(2)20-18(23)21-7-5-13(10-22)6-8-21/h3-4,9,12-13,22H,5-8,10H2,1-2H3,(H,20,23)/t12-/m0/s1. The number of furan rings is 1. The Kier molecular flexibility index (Phi) is 4.76. The van der Waals surface area contributed by atoms with Gasteiger partial charge < -0.3 is 19.7 Å². The fourth-order valence-electron chi connectivity index (χ4n) is 3.29. The van der Waals surface area contributed by atoms with Gasteiger partial charge in [0.25, 0.3) is 0 Å². The summed E-state index contributed by atoms with van der Waals surface area (Å²) in [6.07, 6.45) is 1.64. The Hall–Kier alpha value is -2.08. The third-order valence-corrected chi connectivity index (χ3v) is 4.83. The monoisotopic (exact) mass is 334 g/mol. The molecule has 1 atom stereocenters. The minimum absolute atomic E-state index is 0.134. The van der Waals surface area contributed by atoms with Crippen molar-refractivity contribution in [3.63, 3.8) is 0 Å². The van der Waals surface area contributed by atoms with Crippen LogP contribution in [0, 0.1) is 18.7 Å². The fraction of sp³-hybridized carbons (Fsp3) is 0.500. The Morgan fingerprint density at radius 3 is 2.83 bits per heavy atom. The number of nitrogens with one attached hydrogen (secondary N) is 1. The molecule has 1 aromatic heterocycles. The molecule has 1 aromatic carbocycles. The van der Waals surface area contributed by atoms with E-state index in [1.165, 1.54) is 12.1 Å². The summed E-state index contributed by atoms with van der Waals surface area (Å²) < 4.78 is 19.2. The molecule has 0 saturated carbocycles. The molecule has 0 unspecified atom stereocenters. The third kappa shape index (κ3) is 3.24. The van der Waals surface area contributed by atoms with Crippen molar-refractivity contribution in [1.29, 1.82) is 0 Å². The smallest absolute Gasteiger partial charge is 0.317 e. The Morgan fingerprint density at radius 1 is 1.46 bits per heavy atom. The number of aliphatic hydroxyl groups excluding tert-OH is 1. The third-order valence-electron chi connectivity index (χ3n) is 4.83. The Bertz CT molecular complexity index is 735. The van der Waals surface area contributed by atoms with Gasteiger partial charge in [-0.05, 0) is 50.8 Å². The van der Waals surface area contributed by atoms with Gasteiger partial charge in [0.1, 0.15) is 17.2 Å². The van der Waals surface area contributed by atoms with Gasteiger partial charge in [0.15, 0.2) is 0 Å². The molecule has 2 aromatic rings. The zero-order chi connectivity index (χ0) is 17.3. The number of aryl methyl sites for hydroxylation is 1. The van der Waals surface area contributed by atoms with Gasteiger partial charge in [0, 0.05) is 30.6 Å². The van der Waals surface area contributed by atoms with Crippen LogP contribution in [0.25, 0.3) is 11.0 Å². The first kappa shape index (κ1) is 16.8. The zero-order valence-electron chi connectivity index (χ0n) is 14.0. The number of likely N-dealkylation sites (tertiary alicyclic amines) is 1. The molecule has 1 fully saturated rings. The molecule has 0 aliphatic carbocycles. The number of benzene rings is 1. The number of carbonyl (C=O) groups is 1. The molecule has 2 heterocycles.